The van der Waals surface area contributed by atoms with Crippen molar-refractivity contribution in [2.24, 2.45) is 0 Å². The summed E-state index contributed by atoms with van der Waals surface area (Å²) in [4.78, 5) is 11.8. The molecule has 1 heterocycles. The summed E-state index contributed by atoms with van der Waals surface area (Å²) in [5.41, 5.74) is 1.04. The van der Waals surface area contributed by atoms with Gasteiger partial charge in [-0.3, -0.25) is 0 Å². The van der Waals surface area contributed by atoms with E-state index in [-0.39, 0.29) is 11.6 Å². The van der Waals surface area contributed by atoms with E-state index in [4.69, 9.17) is 0 Å². The van der Waals surface area contributed by atoms with Gasteiger partial charge in [-0.1, -0.05) is 30.3 Å². The summed E-state index contributed by atoms with van der Waals surface area (Å²) < 4.78 is 0. The van der Waals surface area contributed by atoms with Crippen LogP contribution in [-0.2, 0) is 6.54 Å². The molecule has 1 aliphatic rings. The molecule has 1 aromatic carbocycles. The van der Waals surface area contributed by atoms with Gasteiger partial charge >= 0.3 is 6.03 Å². The minimum atomic E-state index is -0.0803. The molecule has 0 atom stereocenters. The molecule has 4 heteroatoms. The molecule has 2 rings (SSSR count). The number of benzene rings is 1. The highest BCUT2D eigenvalue weighted by molar-refractivity contribution is 5.74. The second-order valence-electron chi connectivity index (χ2n) is 5.10. The van der Waals surface area contributed by atoms with Gasteiger partial charge in [0.15, 0.2) is 0 Å². The molecule has 4 nitrogen and oxygen atoms in total. The van der Waals surface area contributed by atoms with Gasteiger partial charge < -0.3 is 16.0 Å². The van der Waals surface area contributed by atoms with Crippen molar-refractivity contribution in [3.63, 3.8) is 0 Å². The molecule has 0 radical (unpaired) electrons. The van der Waals surface area contributed by atoms with E-state index in [1.807, 2.05) is 30.3 Å². The number of nitrogens with one attached hydrogen (secondary N) is 3. The minimum absolute atomic E-state index is 0.0774. The molecule has 2 amide bonds. The van der Waals surface area contributed by atoms with Crippen LogP contribution in [0.4, 0.5) is 4.79 Å². The van der Waals surface area contributed by atoms with Crippen LogP contribution in [0.2, 0.25) is 0 Å². The summed E-state index contributed by atoms with van der Waals surface area (Å²) in [6.07, 6.45) is 1.96. The van der Waals surface area contributed by atoms with Gasteiger partial charge in [0.05, 0.1) is 0 Å². The third-order valence-corrected chi connectivity index (χ3v) is 3.42. The Labute approximate surface area is 108 Å². The van der Waals surface area contributed by atoms with E-state index in [1.54, 1.807) is 0 Å². The number of carbonyl (C=O) groups excluding carboxylic acids is 1. The third kappa shape index (κ3) is 3.74. The lowest BCUT2D eigenvalue weighted by atomic mass is 9.91. The topological polar surface area (TPSA) is 53.2 Å². The molecule has 98 valence electrons. The predicted molar refractivity (Wildman–Crippen MR) is 72.3 cm³/mol. The second-order valence-corrected chi connectivity index (χ2v) is 5.10. The van der Waals surface area contributed by atoms with Crippen LogP contribution in [-0.4, -0.2) is 24.7 Å². The van der Waals surface area contributed by atoms with Gasteiger partial charge in [-0.05, 0) is 38.4 Å². The molecule has 1 saturated heterocycles. The SMILES string of the molecule is CC1(NC(=O)NCc2ccccc2)CCNCC1. The zero-order valence-corrected chi connectivity index (χ0v) is 10.8. The van der Waals surface area contributed by atoms with Crippen LogP contribution < -0.4 is 16.0 Å². The Morgan fingerprint density at radius 3 is 2.61 bits per heavy atom. The van der Waals surface area contributed by atoms with Gasteiger partial charge in [0.1, 0.15) is 0 Å². The van der Waals surface area contributed by atoms with Crippen molar-refractivity contribution in [1.82, 2.24) is 16.0 Å². The Morgan fingerprint density at radius 2 is 1.94 bits per heavy atom. The molecule has 0 unspecified atom stereocenters. The van der Waals surface area contributed by atoms with Crippen LogP contribution in [0.25, 0.3) is 0 Å². The summed E-state index contributed by atoms with van der Waals surface area (Å²) >= 11 is 0. The fraction of sp³-hybridized carbons (Fsp3) is 0.500. The zero-order chi connectivity index (χ0) is 12.8. The fourth-order valence-corrected chi connectivity index (χ4v) is 2.20. The number of piperidine rings is 1. The Hall–Kier alpha value is -1.55. The molecule has 0 bridgehead atoms. The maximum atomic E-state index is 11.8. The Morgan fingerprint density at radius 1 is 1.28 bits per heavy atom. The molecule has 0 spiro atoms. The van der Waals surface area contributed by atoms with Gasteiger partial charge in [-0.2, -0.15) is 0 Å². The Bertz CT molecular complexity index is 385. The van der Waals surface area contributed by atoms with Crippen molar-refractivity contribution < 1.29 is 4.79 Å². The maximum absolute atomic E-state index is 11.8. The molecule has 1 aliphatic heterocycles. The molecule has 1 fully saturated rings. The minimum Gasteiger partial charge on any atom is -0.334 e. The standard InChI is InChI=1S/C14H21N3O/c1-14(7-9-15-10-8-14)17-13(18)16-11-12-5-3-2-4-6-12/h2-6,15H,7-11H2,1H3,(H2,16,17,18). The van der Waals surface area contributed by atoms with E-state index in [0.29, 0.717) is 6.54 Å². The maximum Gasteiger partial charge on any atom is 0.315 e. The first-order chi connectivity index (χ1) is 8.68. The van der Waals surface area contributed by atoms with Crippen molar-refractivity contribution in [2.75, 3.05) is 13.1 Å². The van der Waals surface area contributed by atoms with Gasteiger partial charge in [0.25, 0.3) is 0 Å². The van der Waals surface area contributed by atoms with Crippen LogP contribution in [0.3, 0.4) is 0 Å². The number of hydrogen-bond acceptors (Lipinski definition) is 2. The van der Waals surface area contributed by atoms with Gasteiger partial charge in [-0.25, -0.2) is 4.79 Å². The van der Waals surface area contributed by atoms with Crippen molar-refractivity contribution >= 4 is 6.03 Å². The van der Waals surface area contributed by atoms with E-state index >= 15 is 0 Å². The van der Waals surface area contributed by atoms with E-state index < -0.39 is 0 Å². The van der Waals surface area contributed by atoms with Crippen molar-refractivity contribution in [3.8, 4) is 0 Å². The highest BCUT2D eigenvalue weighted by Crippen LogP contribution is 2.16. The average Bonchev–Trinajstić information content (AvgIpc) is 2.38. The number of urea groups is 1. The number of amides is 2. The normalized spacial score (nSPS) is 18.1. The molecule has 0 aromatic heterocycles. The van der Waals surface area contributed by atoms with E-state index in [0.717, 1.165) is 31.5 Å². The Balaban J connectivity index is 1.78. The highest BCUT2D eigenvalue weighted by atomic mass is 16.2. The fourth-order valence-electron chi connectivity index (χ4n) is 2.20. The number of hydrogen-bond donors (Lipinski definition) is 3. The average molecular weight is 247 g/mol. The van der Waals surface area contributed by atoms with Crippen LogP contribution in [0.1, 0.15) is 25.3 Å². The Kier molecular flexibility index (Phi) is 4.20. The summed E-state index contributed by atoms with van der Waals surface area (Å²) in [6, 6.07) is 9.85. The molecule has 0 aliphatic carbocycles. The van der Waals surface area contributed by atoms with E-state index in [9.17, 15) is 4.79 Å². The first-order valence-corrected chi connectivity index (χ1v) is 6.49. The lowest BCUT2D eigenvalue weighted by molar-refractivity contribution is 0.214. The summed E-state index contributed by atoms with van der Waals surface area (Å²) in [7, 11) is 0. The molecule has 18 heavy (non-hydrogen) atoms. The summed E-state index contributed by atoms with van der Waals surface area (Å²) in [5.74, 6) is 0. The second kappa shape index (κ2) is 5.87. The lowest BCUT2D eigenvalue weighted by Gasteiger charge is -2.34. The molecule has 0 saturated carbocycles. The van der Waals surface area contributed by atoms with Gasteiger partial charge in [-0.15, -0.1) is 0 Å². The van der Waals surface area contributed by atoms with Crippen molar-refractivity contribution in [3.05, 3.63) is 35.9 Å². The first-order valence-electron chi connectivity index (χ1n) is 6.49. The van der Waals surface area contributed by atoms with E-state index in [2.05, 4.69) is 22.9 Å². The quantitative estimate of drug-likeness (QED) is 0.760. The van der Waals surface area contributed by atoms with Crippen molar-refractivity contribution in [2.45, 2.75) is 31.8 Å². The van der Waals surface area contributed by atoms with Crippen LogP contribution in [0.15, 0.2) is 30.3 Å². The third-order valence-electron chi connectivity index (χ3n) is 3.42. The first kappa shape index (κ1) is 12.9. The van der Waals surface area contributed by atoms with Crippen LogP contribution in [0, 0.1) is 0 Å². The van der Waals surface area contributed by atoms with Gasteiger partial charge in [0.2, 0.25) is 0 Å². The monoisotopic (exact) mass is 247 g/mol. The summed E-state index contributed by atoms with van der Waals surface area (Å²) in [6.45, 7) is 4.61. The number of carbonyl (C=O) groups is 1. The largest absolute Gasteiger partial charge is 0.334 e. The molecule has 3 N–H and O–H groups in total. The number of rotatable bonds is 3. The predicted octanol–water partition coefficient (Wildman–Crippen LogP) is 1.63. The highest BCUT2D eigenvalue weighted by Gasteiger charge is 2.27. The molecule has 1 aromatic rings. The lowest BCUT2D eigenvalue weighted by Crippen LogP contribution is -2.54. The van der Waals surface area contributed by atoms with E-state index in [1.165, 1.54) is 0 Å². The van der Waals surface area contributed by atoms with Crippen LogP contribution in [0.5, 0.6) is 0 Å². The molecular weight excluding hydrogens is 226 g/mol. The summed E-state index contributed by atoms with van der Waals surface area (Å²) in [5, 5.41) is 9.28. The van der Waals surface area contributed by atoms with Gasteiger partial charge in [0, 0.05) is 12.1 Å². The zero-order valence-electron chi connectivity index (χ0n) is 10.8. The van der Waals surface area contributed by atoms with Crippen LogP contribution >= 0.6 is 0 Å². The smallest absolute Gasteiger partial charge is 0.315 e. The van der Waals surface area contributed by atoms with Crippen molar-refractivity contribution in [1.29, 1.82) is 0 Å². The molecular formula is C14H21N3O.